The zero-order valence-corrected chi connectivity index (χ0v) is 18.7. The van der Waals surface area contributed by atoms with Gasteiger partial charge in [-0.3, -0.25) is 14.8 Å². The lowest BCUT2D eigenvalue weighted by molar-refractivity contribution is -0.126. The van der Waals surface area contributed by atoms with Crippen LogP contribution in [0.5, 0.6) is 0 Å². The van der Waals surface area contributed by atoms with Crippen LogP contribution >= 0.6 is 0 Å². The summed E-state index contributed by atoms with van der Waals surface area (Å²) in [7, 11) is 0. The Bertz CT molecular complexity index is 858. The fourth-order valence-corrected chi connectivity index (χ4v) is 5.06. The van der Waals surface area contributed by atoms with E-state index < -0.39 is 11.6 Å². The first-order valence-corrected chi connectivity index (χ1v) is 11.5. The van der Waals surface area contributed by atoms with Gasteiger partial charge in [-0.2, -0.15) is 5.10 Å². The molecule has 2 aliphatic heterocycles. The average molecular weight is 426 g/mol. The molecule has 0 aliphatic carbocycles. The zero-order valence-electron chi connectivity index (χ0n) is 18.7. The molecule has 0 bridgehead atoms. The highest BCUT2D eigenvalue weighted by Gasteiger charge is 2.44. The number of hydrogen-bond donors (Lipinski definition) is 3. The number of aliphatic hydroxyl groups excluding tert-OH is 1. The Kier molecular flexibility index (Phi) is 6.74. The van der Waals surface area contributed by atoms with E-state index >= 15 is 0 Å². The van der Waals surface area contributed by atoms with Gasteiger partial charge in [-0.05, 0) is 51.8 Å². The van der Waals surface area contributed by atoms with Crippen molar-refractivity contribution < 1.29 is 9.90 Å². The summed E-state index contributed by atoms with van der Waals surface area (Å²) < 4.78 is 0. The topological polar surface area (TPSA) is 84.5 Å². The molecule has 1 aromatic carbocycles. The molecule has 3 N–H and O–H groups in total. The number of aromatic amines is 1. The minimum atomic E-state index is -0.770. The Hall–Kier alpha value is -2.22. The molecular weight excluding hydrogens is 390 g/mol. The molecule has 1 aromatic heterocycles. The fraction of sp³-hybridized carbons (Fsp3) is 0.583. The minimum Gasteiger partial charge on any atom is -0.389 e. The summed E-state index contributed by atoms with van der Waals surface area (Å²) in [6, 6.07) is 9.93. The van der Waals surface area contributed by atoms with Crippen molar-refractivity contribution in [2.75, 3.05) is 39.3 Å². The van der Waals surface area contributed by atoms with Crippen molar-refractivity contribution in [1.82, 2.24) is 25.3 Å². The van der Waals surface area contributed by atoms with E-state index in [0.717, 1.165) is 42.1 Å². The normalized spacial score (nSPS) is 25.1. The molecule has 2 saturated heterocycles. The van der Waals surface area contributed by atoms with Gasteiger partial charge in [0.05, 0.1) is 23.8 Å². The van der Waals surface area contributed by atoms with E-state index in [-0.39, 0.29) is 12.3 Å². The van der Waals surface area contributed by atoms with E-state index in [0.29, 0.717) is 13.0 Å². The maximum atomic E-state index is 13.1. The van der Waals surface area contributed by atoms with Crippen LogP contribution in [0.2, 0.25) is 0 Å². The second kappa shape index (κ2) is 9.51. The zero-order chi connectivity index (χ0) is 21.8. The number of nitrogens with zero attached hydrogens (tertiary/aromatic N) is 3. The number of carbonyl (C=O) groups excluding carboxylic acids is 1. The highest BCUT2D eigenvalue weighted by Crippen LogP contribution is 2.33. The Morgan fingerprint density at radius 2 is 1.87 bits per heavy atom. The predicted molar refractivity (Wildman–Crippen MR) is 121 cm³/mol. The molecular formula is C24H35N5O2. The summed E-state index contributed by atoms with van der Waals surface area (Å²) in [4.78, 5) is 17.9. The van der Waals surface area contributed by atoms with E-state index in [9.17, 15) is 9.90 Å². The predicted octanol–water partition coefficient (Wildman–Crippen LogP) is 1.74. The molecule has 1 amide bonds. The number of piperidine rings is 1. The lowest BCUT2D eigenvalue weighted by atomic mass is 9.78. The van der Waals surface area contributed by atoms with Gasteiger partial charge in [-0.1, -0.05) is 30.3 Å². The minimum absolute atomic E-state index is 0.0824. The van der Waals surface area contributed by atoms with Crippen LogP contribution < -0.4 is 5.32 Å². The van der Waals surface area contributed by atoms with Crippen molar-refractivity contribution in [2.24, 2.45) is 0 Å². The van der Waals surface area contributed by atoms with E-state index in [2.05, 4.69) is 25.3 Å². The fourth-order valence-electron chi connectivity index (χ4n) is 5.06. The van der Waals surface area contributed by atoms with Crippen LogP contribution in [0.3, 0.4) is 0 Å². The lowest BCUT2D eigenvalue weighted by Crippen LogP contribution is -2.62. The Labute approximate surface area is 184 Å². The van der Waals surface area contributed by atoms with Crippen LogP contribution in [0.1, 0.15) is 41.8 Å². The number of likely N-dealkylation sites (tertiary alicyclic amines) is 2. The first-order valence-electron chi connectivity index (χ1n) is 11.5. The largest absolute Gasteiger partial charge is 0.389 e. The number of H-pyrrole nitrogens is 1. The average Bonchev–Trinajstić information content (AvgIpc) is 3.40. The second-order valence-electron chi connectivity index (χ2n) is 9.09. The molecule has 7 nitrogen and oxygen atoms in total. The van der Waals surface area contributed by atoms with Crippen LogP contribution in [0.15, 0.2) is 30.3 Å². The summed E-state index contributed by atoms with van der Waals surface area (Å²) in [5.74, 6) is -0.0824. The van der Waals surface area contributed by atoms with Gasteiger partial charge in [-0.25, -0.2) is 0 Å². The van der Waals surface area contributed by atoms with Crippen molar-refractivity contribution in [1.29, 1.82) is 0 Å². The summed E-state index contributed by atoms with van der Waals surface area (Å²) >= 11 is 0. The highest BCUT2D eigenvalue weighted by atomic mass is 16.3. The van der Waals surface area contributed by atoms with Gasteiger partial charge < -0.3 is 15.3 Å². The SMILES string of the molecule is Cc1n[nH]c(C)c1CC(=O)N[C@]1(c2ccccc2)CCN(CCN2CCCC2)C[C@H]1O. The quantitative estimate of drug-likeness (QED) is 0.629. The molecule has 0 saturated carbocycles. The molecule has 2 fully saturated rings. The van der Waals surface area contributed by atoms with Gasteiger partial charge in [0.2, 0.25) is 5.91 Å². The molecule has 0 radical (unpaired) electrons. The third kappa shape index (κ3) is 4.84. The maximum absolute atomic E-state index is 13.1. The molecule has 2 atom stereocenters. The van der Waals surface area contributed by atoms with Gasteiger partial charge in [0, 0.05) is 37.4 Å². The summed E-state index contributed by atoms with van der Waals surface area (Å²) in [5, 5.41) is 21.7. The molecule has 0 spiro atoms. The first-order chi connectivity index (χ1) is 15.0. The Balaban J connectivity index is 1.47. The number of benzene rings is 1. The molecule has 2 aliphatic rings. The van der Waals surface area contributed by atoms with E-state index in [1.54, 1.807) is 0 Å². The molecule has 3 heterocycles. The standard InChI is InChI=1S/C24H35N5O2/c1-18-21(19(2)27-26-18)16-23(31)25-24(20-8-4-3-5-9-20)10-13-29(17-22(24)30)15-14-28-11-6-7-12-28/h3-5,8-9,22,30H,6-7,10-17H2,1-2H3,(H,25,31)(H,26,27)/t22-,24+/m1/s1. The van der Waals surface area contributed by atoms with Crippen molar-refractivity contribution in [3.63, 3.8) is 0 Å². The number of nitrogens with one attached hydrogen (secondary N) is 2. The third-order valence-electron chi connectivity index (χ3n) is 7.02. The number of carbonyl (C=O) groups is 1. The van der Waals surface area contributed by atoms with Gasteiger partial charge in [0.15, 0.2) is 0 Å². The summed E-state index contributed by atoms with van der Waals surface area (Å²) in [5.41, 5.74) is 2.89. The van der Waals surface area contributed by atoms with Gasteiger partial charge in [-0.15, -0.1) is 0 Å². The maximum Gasteiger partial charge on any atom is 0.225 e. The lowest BCUT2D eigenvalue weighted by Gasteiger charge is -2.46. The smallest absolute Gasteiger partial charge is 0.225 e. The summed E-state index contributed by atoms with van der Waals surface area (Å²) in [6.07, 6.45) is 2.86. The summed E-state index contributed by atoms with van der Waals surface area (Å²) in [6.45, 7) is 9.65. The van der Waals surface area contributed by atoms with Gasteiger partial charge >= 0.3 is 0 Å². The van der Waals surface area contributed by atoms with Crippen molar-refractivity contribution in [3.05, 3.63) is 52.8 Å². The number of aryl methyl sites for hydroxylation is 2. The van der Waals surface area contributed by atoms with Crippen LogP contribution in [-0.4, -0.2) is 76.4 Å². The van der Waals surface area contributed by atoms with Gasteiger partial charge in [0.25, 0.3) is 0 Å². The third-order valence-corrected chi connectivity index (χ3v) is 7.02. The van der Waals surface area contributed by atoms with E-state index in [4.69, 9.17) is 0 Å². The van der Waals surface area contributed by atoms with Crippen molar-refractivity contribution in [2.45, 2.75) is 51.2 Å². The molecule has 31 heavy (non-hydrogen) atoms. The van der Waals surface area contributed by atoms with E-state index in [1.807, 2.05) is 44.2 Å². The van der Waals surface area contributed by atoms with Crippen LogP contribution in [0.4, 0.5) is 0 Å². The highest BCUT2D eigenvalue weighted by molar-refractivity contribution is 5.80. The Morgan fingerprint density at radius 1 is 1.16 bits per heavy atom. The molecule has 168 valence electrons. The van der Waals surface area contributed by atoms with E-state index in [1.165, 1.54) is 25.9 Å². The molecule has 0 unspecified atom stereocenters. The van der Waals surface area contributed by atoms with Crippen molar-refractivity contribution >= 4 is 5.91 Å². The molecule has 7 heteroatoms. The number of aromatic nitrogens is 2. The van der Waals surface area contributed by atoms with Gasteiger partial charge in [0.1, 0.15) is 0 Å². The van der Waals surface area contributed by atoms with Crippen LogP contribution in [0.25, 0.3) is 0 Å². The molecule has 2 aromatic rings. The number of amides is 1. The second-order valence-corrected chi connectivity index (χ2v) is 9.09. The molecule has 4 rings (SSSR count). The first kappa shape index (κ1) is 22.0. The number of β-amino-alcohol motifs (C(OH)–C–C–N with tert-alkyl or cyclic N) is 1. The Morgan fingerprint density at radius 3 is 2.52 bits per heavy atom. The number of hydrogen-bond acceptors (Lipinski definition) is 5. The van der Waals surface area contributed by atoms with Crippen LogP contribution in [-0.2, 0) is 16.8 Å². The number of aliphatic hydroxyl groups is 1. The number of rotatable bonds is 7. The monoisotopic (exact) mass is 425 g/mol. The van der Waals surface area contributed by atoms with Crippen molar-refractivity contribution in [3.8, 4) is 0 Å². The van der Waals surface area contributed by atoms with Crippen LogP contribution in [0, 0.1) is 13.8 Å².